The number of sulfonamides is 1. The number of aryl methyl sites for hydroxylation is 1. The maximum atomic E-state index is 12.9. The SMILES string of the molecule is Cc1[nH]nc(S(=O)(=O)N2CCCCCC2)c1CNC1CC1. The largest absolute Gasteiger partial charge is 0.310 e. The molecule has 0 unspecified atom stereocenters. The summed E-state index contributed by atoms with van der Waals surface area (Å²) in [6, 6.07) is 0.549. The van der Waals surface area contributed by atoms with Crippen LogP contribution in [0.3, 0.4) is 0 Å². The van der Waals surface area contributed by atoms with Crippen LogP contribution in [-0.4, -0.2) is 42.1 Å². The first-order chi connectivity index (χ1) is 10.1. The van der Waals surface area contributed by atoms with Crippen molar-refractivity contribution in [3.63, 3.8) is 0 Å². The van der Waals surface area contributed by atoms with Gasteiger partial charge in [0.15, 0.2) is 5.03 Å². The van der Waals surface area contributed by atoms with Crippen LogP contribution in [0.2, 0.25) is 0 Å². The van der Waals surface area contributed by atoms with Crippen molar-refractivity contribution >= 4 is 10.0 Å². The number of nitrogens with one attached hydrogen (secondary N) is 2. The lowest BCUT2D eigenvalue weighted by Gasteiger charge is -2.19. The zero-order valence-electron chi connectivity index (χ0n) is 12.6. The molecule has 0 aromatic carbocycles. The van der Waals surface area contributed by atoms with Crippen molar-refractivity contribution < 1.29 is 8.42 Å². The van der Waals surface area contributed by atoms with Crippen molar-refractivity contribution in [3.05, 3.63) is 11.3 Å². The third kappa shape index (κ3) is 3.30. The Labute approximate surface area is 126 Å². The Hall–Kier alpha value is -0.920. The van der Waals surface area contributed by atoms with E-state index in [1.807, 2.05) is 6.92 Å². The molecular weight excluding hydrogens is 288 g/mol. The van der Waals surface area contributed by atoms with Gasteiger partial charge in [0.05, 0.1) is 0 Å². The van der Waals surface area contributed by atoms with E-state index in [9.17, 15) is 8.42 Å². The molecule has 0 atom stereocenters. The Morgan fingerprint density at radius 3 is 2.52 bits per heavy atom. The Balaban J connectivity index is 1.83. The monoisotopic (exact) mass is 312 g/mol. The van der Waals surface area contributed by atoms with Gasteiger partial charge < -0.3 is 5.32 Å². The maximum Gasteiger partial charge on any atom is 0.262 e. The lowest BCUT2D eigenvalue weighted by Crippen LogP contribution is -2.33. The summed E-state index contributed by atoms with van der Waals surface area (Å²) in [5.41, 5.74) is 1.64. The quantitative estimate of drug-likeness (QED) is 0.864. The highest BCUT2D eigenvalue weighted by Crippen LogP contribution is 2.25. The van der Waals surface area contributed by atoms with E-state index in [2.05, 4.69) is 15.5 Å². The van der Waals surface area contributed by atoms with Crippen LogP contribution >= 0.6 is 0 Å². The average molecular weight is 312 g/mol. The highest BCUT2D eigenvalue weighted by molar-refractivity contribution is 7.89. The van der Waals surface area contributed by atoms with Crippen LogP contribution < -0.4 is 5.32 Å². The summed E-state index contributed by atoms with van der Waals surface area (Å²) >= 11 is 0. The van der Waals surface area contributed by atoms with E-state index in [-0.39, 0.29) is 5.03 Å². The second-order valence-corrected chi connectivity index (χ2v) is 7.96. The molecule has 1 aliphatic carbocycles. The van der Waals surface area contributed by atoms with Crippen LogP contribution in [0.25, 0.3) is 0 Å². The van der Waals surface area contributed by atoms with Gasteiger partial charge >= 0.3 is 0 Å². The fourth-order valence-electron chi connectivity index (χ4n) is 2.79. The summed E-state index contributed by atoms with van der Waals surface area (Å²) < 4.78 is 27.3. The van der Waals surface area contributed by atoms with Gasteiger partial charge in [-0.15, -0.1) is 0 Å². The molecule has 1 aliphatic heterocycles. The number of nitrogens with zero attached hydrogens (tertiary/aromatic N) is 2. The second kappa shape index (κ2) is 6.06. The van der Waals surface area contributed by atoms with Gasteiger partial charge in [0.25, 0.3) is 10.0 Å². The fourth-order valence-corrected chi connectivity index (χ4v) is 4.47. The van der Waals surface area contributed by atoms with E-state index >= 15 is 0 Å². The van der Waals surface area contributed by atoms with Crippen LogP contribution in [-0.2, 0) is 16.6 Å². The lowest BCUT2D eigenvalue weighted by molar-refractivity contribution is 0.420. The number of hydrogen-bond donors (Lipinski definition) is 2. The molecule has 1 saturated carbocycles. The molecule has 0 bridgehead atoms. The topological polar surface area (TPSA) is 78.1 Å². The molecule has 0 amide bonds. The third-order valence-corrected chi connectivity index (χ3v) is 6.20. The first kappa shape index (κ1) is 15.0. The molecule has 2 fully saturated rings. The van der Waals surface area contributed by atoms with Crippen LogP contribution in [0.4, 0.5) is 0 Å². The Morgan fingerprint density at radius 2 is 1.90 bits per heavy atom. The molecule has 6 nitrogen and oxygen atoms in total. The number of rotatable bonds is 5. The molecule has 2 aliphatic rings. The number of aromatic nitrogens is 2. The lowest BCUT2D eigenvalue weighted by atomic mass is 10.2. The summed E-state index contributed by atoms with van der Waals surface area (Å²) in [7, 11) is -3.47. The smallest absolute Gasteiger partial charge is 0.262 e. The minimum absolute atomic E-state index is 0.218. The van der Waals surface area contributed by atoms with Crippen molar-refractivity contribution in [2.24, 2.45) is 0 Å². The van der Waals surface area contributed by atoms with Crippen LogP contribution in [0, 0.1) is 6.92 Å². The van der Waals surface area contributed by atoms with Crippen molar-refractivity contribution in [1.29, 1.82) is 0 Å². The van der Waals surface area contributed by atoms with Crippen molar-refractivity contribution in [2.75, 3.05) is 13.1 Å². The molecule has 2 N–H and O–H groups in total. The highest BCUT2D eigenvalue weighted by atomic mass is 32.2. The van der Waals surface area contributed by atoms with E-state index < -0.39 is 10.0 Å². The average Bonchev–Trinajstić information content (AvgIpc) is 3.24. The predicted octanol–water partition coefficient (Wildman–Crippen LogP) is 1.53. The van der Waals surface area contributed by atoms with Gasteiger partial charge in [-0.2, -0.15) is 9.40 Å². The molecule has 3 rings (SSSR count). The number of H-pyrrole nitrogens is 1. The van der Waals surface area contributed by atoms with Crippen LogP contribution in [0.5, 0.6) is 0 Å². The molecule has 0 radical (unpaired) electrons. The molecule has 1 aromatic rings. The predicted molar refractivity (Wildman–Crippen MR) is 80.4 cm³/mol. The zero-order chi connectivity index (χ0) is 14.9. The van der Waals surface area contributed by atoms with E-state index in [0.717, 1.165) is 36.9 Å². The van der Waals surface area contributed by atoms with Crippen LogP contribution in [0.15, 0.2) is 5.03 Å². The van der Waals surface area contributed by atoms with Gasteiger partial charge in [-0.1, -0.05) is 12.8 Å². The molecule has 118 valence electrons. The first-order valence-corrected chi connectivity index (χ1v) is 9.30. The standard InChI is InChI=1S/C14H24N4O2S/c1-11-13(10-15-12-6-7-12)14(17-16-11)21(19,20)18-8-4-2-3-5-9-18/h12,15H,2-10H2,1H3,(H,16,17). The zero-order valence-corrected chi connectivity index (χ0v) is 13.4. The van der Waals surface area contributed by atoms with Gasteiger partial charge in [0.2, 0.25) is 0 Å². The number of aromatic amines is 1. The van der Waals surface area contributed by atoms with Crippen molar-refractivity contribution in [3.8, 4) is 0 Å². The molecule has 2 heterocycles. The van der Waals surface area contributed by atoms with Gasteiger partial charge in [-0.3, -0.25) is 5.10 Å². The van der Waals surface area contributed by atoms with E-state index in [1.165, 1.54) is 12.8 Å². The molecule has 1 saturated heterocycles. The Kier molecular flexibility index (Phi) is 4.33. The Morgan fingerprint density at radius 1 is 1.24 bits per heavy atom. The van der Waals surface area contributed by atoms with Gasteiger partial charge in [-0.05, 0) is 32.6 Å². The molecule has 7 heteroatoms. The summed E-state index contributed by atoms with van der Waals surface area (Å²) in [5.74, 6) is 0. The van der Waals surface area contributed by atoms with Crippen molar-refractivity contribution in [1.82, 2.24) is 19.8 Å². The molecular formula is C14H24N4O2S. The van der Waals surface area contributed by atoms with E-state index in [4.69, 9.17) is 0 Å². The summed E-state index contributed by atoms with van der Waals surface area (Å²) in [6.07, 6.45) is 6.48. The van der Waals surface area contributed by atoms with E-state index in [0.29, 0.717) is 25.7 Å². The van der Waals surface area contributed by atoms with Gasteiger partial charge in [-0.25, -0.2) is 8.42 Å². The van der Waals surface area contributed by atoms with Gasteiger partial charge in [0, 0.05) is 36.9 Å². The minimum Gasteiger partial charge on any atom is -0.310 e. The summed E-state index contributed by atoms with van der Waals surface area (Å²) in [5, 5.41) is 10.5. The second-order valence-electron chi connectivity index (χ2n) is 6.11. The molecule has 1 aromatic heterocycles. The normalized spacial score (nSPS) is 21.4. The minimum atomic E-state index is -3.47. The molecule has 0 spiro atoms. The fraction of sp³-hybridized carbons (Fsp3) is 0.786. The summed E-state index contributed by atoms with van der Waals surface area (Å²) in [4.78, 5) is 0. The third-order valence-electron chi connectivity index (χ3n) is 4.33. The highest BCUT2D eigenvalue weighted by Gasteiger charge is 2.31. The Bertz CT molecular complexity index is 584. The van der Waals surface area contributed by atoms with Gasteiger partial charge in [0.1, 0.15) is 0 Å². The maximum absolute atomic E-state index is 12.9. The summed E-state index contributed by atoms with van der Waals surface area (Å²) in [6.45, 7) is 3.70. The van der Waals surface area contributed by atoms with E-state index in [1.54, 1.807) is 4.31 Å². The molecule has 21 heavy (non-hydrogen) atoms. The van der Waals surface area contributed by atoms with Crippen molar-refractivity contribution in [2.45, 2.75) is 63.1 Å². The van der Waals surface area contributed by atoms with Crippen LogP contribution in [0.1, 0.15) is 49.8 Å². The number of hydrogen-bond acceptors (Lipinski definition) is 4. The first-order valence-electron chi connectivity index (χ1n) is 7.86.